The monoisotopic (exact) mass is 212 g/mol. The molecule has 1 aromatic carbocycles. The van der Waals surface area contributed by atoms with Gasteiger partial charge in [0.2, 0.25) is 0 Å². The van der Waals surface area contributed by atoms with Crippen LogP contribution in [0.5, 0.6) is 5.75 Å². The van der Waals surface area contributed by atoms with Gasteiger partial charge in [0.15, 0.2) is 0 Å². The third-order valence-corrected chi connectivity index (χ3v) is 2.76. The molecule has 0 aliphatic carbocycles. The lowest BCUT2D eigenvalue weighted by Crippen LogP contribution is -1.98. The van der Waals surface area contributed by atoms with Crippen molar-refractivity contribution >= 4 is 13.9 Å². The Hall–Kier alpha value is -0.550. The van der Waals surface area contributed by atoms with Crippen molar-refractivity contribution < 1.29 is 4.74 Å². The summed E-state index contributed by atoms with van der Waals surface area (Å²) >= 11 is 0. The minimum Gasteiger partial charge on any atom is -0.497 e. The number of hydrogen-bond donors (Lipinski definition) is 0. The molecule has 14 heavy (non-hydrogen) atoms. The van der Waals surface area contributed by atoms with E-state index in [9.17, 15) is 0 Å². The first-order valence-corrected chi connectivity index (χ1v) is 6.66. The van der Waals surface area contributed by atoms with Crippen LogP contribution in [0.15, 0.2) is 18.2 Å². The molecule has 1 rings (SSSR count). The quantitative estimate of drug-likeness (QED) is 0.699. The SMILES string of the molecule is CC.CCc1cc(OC)cc(PC)c1. The maximum Gasteiger partial charge on any atom is 0.119 e. The molecule has 0 amide bonds. The van der Waals surface area contributed by atoms with Gasteiger partial charge in [0.1, 0.15) is 5.75 Å². The molecule has 1 atom stereocenters. The van der Waals surface area contributed by atoms with E-state index in [0.29, 0.717) is 0 Å². The van der Waals surface area contributed by atoms with E-state index in [2.05, 4.69) is 31.8 Å². The number of benzene rings is 1. The molecule has 2 heteroatoms. The number of ether oxygens (including phenoxy) is 1. The van der Waals surface area contributed by atoms with E-state index in [-0.39, 0.29) is 0 Å². The van der Waals surface area contributed by atoms with Gasteiger partial charge in [0.25, 0.3) is 0 Å². The number of hydrogen-bond acceptors (Lipinski definition) is 1. The number of aryl methyl sites for hydroxylation is 1. The van der Waals surface area contributed by atoms with Crippen LogP contribution in [0, 0.1) is 0 Å². The average molecular weight is 212 g/mol. The smallest absolute Gasteiger partial charge is 0.119 e. The Kier molecular flexibility index (Phi) is 7.51. The molecule has 0 saturated carbocycles. The second-order valence-electron chi connectivity index (χ2n) is 2.67. The van der Waals surface area contributed by atoms with Gasteiger partial charge in [0.05, 0.1) is 7.11 Å². The molecule has 0 radical (unpaired) electrons. The summed E-state index contributed by atoms with van der Waals surface area (Å²) in [5.74, 6) is 0.985. The van der Waals surface area contributed by atoms with E-state index in [0.717, 1.165) is 20.8 Å². The van der Waals surface area contributed by atoms with Gasteiger partial charge in [-0.15, -0.1) is 0 Å². The molecular formula is C12H21OP. The summed E-state index contributed by atoms with van der Waals surface area (Å²) in [5.41, 5.74) is 1.36. The zero-order valence-corrected chi connectivity index (χ0v) is 10.8. The molecule has 0 saturated heterocycles. The Morgan fingerprint density at radius 2 is 1.86 bits per heavy atom. The normalized spacial score (nSPS) is 9.79. The van der Waals surface area contributed by atoms with Crippen molar-refractivity contribution in [2.75, 3.05) is 13.8 Å². The Morgan fingerprint density at radius 1 is 1.21 bits per heavy atom. The van der Waals surface area contributed by atoms with E-state index in [4.69, 9.17) is 4.74 Å². The summed E-state index contributed by atoms with van der Waals surface area (Å²) in [4.78, 5) is 0. The van der Waals surface area contributed by atoms with Crippen LogP contribution in [0.4, 0.5) is 0 Å². The summed E-state index contributed by atoms with van der Waals surface area (Å²) in [7, 11) is 2.57. The highest BCUT2D eigenvalue weighted by Gasteiger charge is 1.97. The molecule has 0 aromatic heterocycles. The van der Waals surface area contributed by atoms with Crippen LogP contribution < -0.4 is 10.0 Å². The molecule has 0 spiro atoms. The highest BCUT2D eigenvalue weighted by atomic mass is 31.1. The lowest BCUT2D eigenvalue weighted by Gasteiger charge is -2.05. The van der Waals surface area contributed by atoms with Gasteiger partial charge < -0.3 is 4.74 Å². The van der Waals surface area contributed by atoms with Crippen LogP contribution in [0.3, 0.4) is 0 Å². The fourth-order valence-electron chi connectivity index (χ4n) is 1.13. The third-order valence-electron chi connectivity index (χ3n) is 1.90. The number of methoxy groups -OCH3 is 1. The molecule has 1 aromatic rings. The zero-order chi connectivity index (χ0) is 11.0. The molecule has 0 aliphatic rings. The lowest BCUT2D eigenvalue weighted by molar-refractivity contribution is 0.414. The Bertz CT molecular complexity index is 203. The summed E-state index contributed by atoms with van der Waals surface area (Å²) in [6.07, 6.45) is 1.08. The van der Waals surface area contributed by atoms with Gasteiger partial charge in [-0.3, -0.25) is 0 Å². The Balaban J connectivity index is 0.000000791. The van der Waals surface area contributed by atoms with Gasteiger partial charge in [-0.25, -0.2) is 0 Å². The minimum absolute atomic E-state index is 0.849. The molecule has 0 heterocycles. The molecule has 0 aliphatic heterocycles. The van der Waals surface area contributed by atoms with Crippen molar-refractivity contribution in [3.63, 3.8) is 0 Å². The predicted molar refractivity (Wildman–Crippen MR) is 67.6 cm³/mol. The fraction of sp³-hybridized carbons (Fsp3) is 0.500. The lowest BCUT2D eigenvalue weighted by atomic mass is 10.2. The maximum atomic E-state index is 5.20. The number of rotatable bonds is 3. The highest BCUT2D eigenvalue weighted by Crippen LogP contribution is 2.16. The molecule has 1 unspecified atom stereocenters. The first-order chi connectivity index (χ1) is 6.80. The van der Waals surface area contributed by atoms with E-state index in [1.807, 2.05) is 13.8 Å². The van der Waals surface area contributed by atoms with Crippen molar-refractivity contribution in [2.24, 2.45) is 0 Å². The van der Waals surface area contributed by atoms with Crippen LogP contribution in [-0.2, 0) is 6.42 Å². The third kappa shape index (κ3) is 4.11. The van der Waals surface area contributed by atoms with Gasteiger partial charge in [-0.1, -0.05) is 35.4 Å². The van der Waals surface area contributed by atoms with Crippen molar-refractivity contribution in [3.8, 4) is 5.75 Å². The first-order valence-electron chi connectivity index (χ1n) is 5.16. The summed E-state index contributed by atoms with van der Waals surface area (Å²) in [6, 6.07) is 6.46. The maximum absolute atomic E-state index is 5.20. The largest absolute Gasteiger partial charge is 0.497 e. The van der Waals surface area contributed by atoms with Crippen molar-refractivity contribution in [1.29, 1.82) is 0 Å². The summed E-state index contributed by atoms with van der Waals surface area (Å²) < 4.78 is 5.20. The van der Waals surface area contributed by atoms with Crippen molar-refractivity contribution in [1.82, 2.24) is 0 Å². The van der Waals surface area contributed by atoms with Crippen LogP contribution in [0.25, 0.3) is 0 Å². The van der Waals surface area contributed by atoms with Crippen LogP contribution in [0.1, 0.15) is 26.3 Å². The molecule has 0 N–H and O–H groups in total. The molecular weight excluding hydrogens is 191 g/mol. The first kappa shape index (κ1) is 13.4. The summed E-state index contributed by atoms with van der Waals surface area (Å²) in [6.45, 7) is 8.35. The molecule has 0 bridgehead atoms. The van der Waals surface area contributed by atoms with Gasteiger partial charge in [0, 0.05) is 0 Å². The van der Waals surface area contributed by atoms with E-state index < -0.39 is 0 Å². The Labute approximate surface area is 89.7 Å². The second kappa shape index (κ2) is 7.82. The van der Waals surface area contributed by atoms with Crippen LogP contribution in [0.2, 0.25) is 0 Å². The highest BCUT2D eigenvalue weighted by molar-refractivity contribution is 7.46. The van der Waals surface area contributed by atoms with Gasteiger partial charge >= 0.3 is 0 Å². The van der Waals surface area contributed by atoms with Gasteiger partial charge in [-0.05, 0) is 36.1 Å². The summed E-state index contributed by atoms with van der Waals surface area (Å²) in [5, 5.41) is 1.38. The van der Waals surface area contributed by atoms with E-state index in [1.54, 1.807) is 7.11 Å². The molecule has 0 fully saturated rings. The predicted octanol–water partition coefficient (Wildman–Crippen LogP) is 3.22. The molecule has 80 valence electrons. The van der Waals surface area contributed by atoms with Crippen LogP contribution in [-0.4, -0.2) is 13.8 Å². The van der Waals surface area contributed by atoms with Gasteiger partial charge in [-0.2, -0.15) is 0 Å². The average Bonchev–Trinajstić information content (AvgIpc) is 2.30. The minimum atomic E-state index is 0.849. The van der Waals surface area contributed by atoms with E-state index >= 15 is 0 Å². The van der Waals surface area contributed by atoms with Crippen molar-refractivity contribution in [2.45, 2.75) is 27.2 Å². The van der Waals surface area contributed by atoms with Crippen molar-refractivity contribution in [3.05, 3.63) is 23.8 Å². The Morgan fingerprint density at radius 3 is 2.29 bits per heavy atom. The standard InChI is InChI=1S/C10H15OP.C2H6/c1-4-8-5-9(11-2)7-10(6-8)12-3;1-2/h5-7,12H,4H2,1-3H3;1-2H3. The second-order valence-corrected chi connectivity index (χ2v) is 3.75. The molecule has 1 nitrogen and oxygen atoms in total. The van der Waals surface area contributed by atoms with E-state index in [1.165, 1.54) is 10.9 Å². The topological polar surface area (TPSA) is 9.23 Å². The fourth-order valence-corrected chi connectivity index (χ4v) is 1.74. The van der Waals surface area contributed by atoms with Crippen LogP contribution >= 0.6 is 8.58 Å². The zero-order valence-electron chi connectivity index (χ0n) is 9.85.